The van der Waals surface area contributed by atoms with Crippen LogP contribution in [0.1, 0.15) is 44.9 Å². The Labute approximate surface area is 106 Å². The molecule has 1 heterocycles. The van der Waals surface area contributed by atoms with Crippen molar-refractivity contribution in [2.45, 2.75) is 57.3 Å². The fourth-order valence-electron chi connectivity index (χ4n) is 2.46. The van der Waals surface area contributed by atoms with Crippen LogP contribution in [0.3, 0.4) is 0 Å². The van der Waals surface area contributed by atoms with Gasteiger partial charge < -0.3 is 9.47 Å². The molecule has 88 valence electrons. The molecule has 2 rings (SSSR count). The van der Waals surface area contributed by atoms with Crippen molar-refractivity contribution in [3.05, 3.63) is 0 Å². The maximum Gasteiger partial charge on any atom is 0.157 e. The first-order valence-electron chi connectivity index (χ1n) is 6.21. The van der Waals surface area contributed by atoms with Gasteiger partial charge in [0.05, 0.1) is 6.10 Å². The maximum absolute atomic E-state index is 6.00. The lowest BCUT2D eigenvalue weighted by Crippen LogP contribution is -2.30. The van der Waals surface area contributed by atoms with Gasteiger partial charge in [0.15, 0.2) is 6.29 Å². The van der Waals surface area contributed by atoms with Crippen LogP contribution >= 0.6 is 22.6 Å². The number of hydrogen-bond donors (Lipinski definition) is 0. The van der Waals surface area contributed by atoms with E-state index in [1.54, 1.807) is 0 Å². The van der Waals surface area contributed by atoms with Gasteiger partial charge >= 0.3 is 0 Å². The van der Waals surface area contributed by atoms with Crippen LogP contribution in [0.15, 0.2) is 0 Å². The normalized spacial score (nSPS) is 37.8. The van der Waals surface area contributed by atoms with E-state index in [1.807, 2.05) is 0 Å². The van der Waals surface area contributed by atoms with Crippen LogP contribution in [0.4, 0.5) is 0 Å². The summed E-state index contributed by atoms with van der Waals surface area (Å²) in [6.45, 7) is 0.897. The summed E-state index contributed by atoms with van der Waals surface area (Å²) in [7, 11) is 0. The second-order valence-electron chi connectivity index (χ2n) is 4.73. The summed E-state index contributed by atoms with van der Waals surface area (Å²) < 4.78 is 12.9. The summed E-state index contributed by atoms with van der Waals surface area (Å²) in [6.07, 6.45) is 9.36. The Morgan fingerprint density at radius 2 is 1.87 bits per heavy atom. The van der Waals surface area contributed by atoms with E-state index in [-0.39, 0.29) is 6.29 Å². The van der Waals surface area contributed by atoms with Gasteiger partial charge in [0, 0.05) is 11.0 Å². The second kappa shape index (κ2) is 6.40. The molecule has 2 aliphatic rings. The van der Waals surface area contributed by atoms with E-state index < -0.39 is 0 Å². The first-order valence-corrected chi connectivity index (χ1v) is 7.74. The second-order valence-corrected chi connectivity index (χ2v) is 5.61. The molecule has 1 saturated carbocycles. The molecule has 2 fully saturated rings. The molecule has 3 heteroatoms. The van der Waals surface area contributed by atoms with Crippen molar-refractivity contribution in [3.8, 4) is 0 Å². The van der Waals surface area contributed by atoms with Gasteiger partial charge in [-0.3, -0.25) is 0 Å². The van der Waals surface area contributed by atoms with E-state index in [0.29, 0.717) is 6.10 Å². The van der Waals surface area contributed by atoms with Crippen LogP contribution in [0.2, 0.25) is 0 Å². The standard InChI is InChI=1S/C12H21IO2/c13-9-10-4-6-11(7-5-10)15-12-3-1-2-8-14-12/h10-12H,1-9H2. The van der Waals surface area contributed by atoms with Crippen molar-refractivity contribution in [2.24, 2.45) is 5.92 Å². The summed E-state index contributed by atoms with van der Waals surface area (Å²) in [5, 5.41) is 0. The molecule has 0 aromatic heterocycles. The SMILES string of the molecule is ICC1CCC(OC2CCCCO2)CC1. The molecule has 0 spiro atoms. The quantitative estimate of drug-likeness (QED) is 0.584. The molecule has 1 atom stereocenters. The summed E-state index contributed by atoms with van der Waals surface area (Å²) in [6, 6.07) is 0. The molecule has 15 heavy (non-hydrogen) atoms. The highest BCUT2D eigenvalue weighted by Gasteiger charge is 2.24. The minimum atomic E-state index is 0.111. The molecular formula is C12H21IO2. The Kier molecular flexibility index (Phi) is 5.17. The zero-order valence-corrected chi connectivity index (χ0v) is 11.4. The average Bonchev–Trinajstić information content (AvgIpc) is 2.31. The van der Waals surface area contributed by atoms with Crippen molar-refractivity contribution >= 4 is 22.6 Å². The monoisotopic (exact) mass is 324 g/mol. The van der Waals surface area contributed by atoms with Crippen molar-refractivity contribution < 1.29 is 9.47 Å². The Hall–Kier alpha value is 0.650. The Balaban J connectivity index is 1.67. The lowest BCUT2D eigenvalue weighted by molar-refractivity contribution is -0.194. The Morgan fingerprint density at radius 3 is 2.47 bits per heavy atom. The first kappa shape index (κ1) is 12.1. The molecule has 1 aliphatic heterocycles. The van der Waals surface area contributed by atoms with Gasteiger partial charge in [-0.1, -0.05) is 22.6 Å². The number of alkyl halides is 1. The molecule has 0 aromatic carbocycles. The van der Waals surface area contributed by atoms with Gasteiger partial charge in [-0.25, -0.2) is 0 Å². The van der Waals surface area contributed by atoms with Crippen LogP contribution in [-0.2, 0) is 9.47 Å². The van der Waals surface area contributed by atoms with Gasteiger partial charge in [-0.2, -0.15) is 0 Å². The van der Waals surface area contributed by atoms with Gasteiger partial charge in [0.1, 0.15) is 0 Å². The van der Waals surface area contributed by atoms with E-state index in [2.05, 4.69) is 22.6 Å². The predicted molar refractivity (Wildman–Crippen MR) is 69.3 cm³/mol. The molecule has 0 radical (unpaired) electrons. The van der Waals surface area contributed by atoms with Crippen molar-refractivity contribution in [3.63, 3.8) is 0 Å². The first-order chi connectivity index (χ1) is 7.38. The van der Waals surface area contributed by atoms with Crippen molar-refractivity contribution in [2.75, 3.05) is 11.0 Å². The summed E-state index contributed by atoms with van der Waals surface area (Å²) >= 11 is 2.50. The molecule has 1 unspecified atom stereocenters. The third-order valence-corrected chi connectivity index (χ3v) is 4.74. The van der Waals surface area contributed by atoms with E-state index in [0.717, 1.165) is 18.9 Å². The highest BCUT2D eigenvalue weighted by molar-refractivity contribution is 14.1. The van der Waals surface area contributed by atoms with Crippen molar-refractivity contribution in [1.29, 1.82) is 0 Å². The number of halogens is 1. The fraction of sp³-hybridized carbons (Fsp3) is 1.00. The molecule has 0 bridgehead atoms. The minimum absolute atomic E-state index is 0.111. The van der Waals surface area contributed by atoms with E-state index in [9.17, 15) is 0 Å². The third-order valence-electron chi connectivity index (χ3n) is 3.49. The highest BCUT2D eigenvalue weighted by Crippen LogP contribution is 2.29. The van der Waals surface area contributed by atoms with E-state index >= 15 is 0 Å². The van der Waals surface area contributed by atoms with Gasteiger partial charge in [0.2, 0.25) is 0 Å². The predicted octanol–water partition coefficient (Wildman–Crippen LogP) is 3.52. The maximum atomic E-state index is 6.00. The third kappa shape index (κ3) is 3.86. The molecule has 0 N–H and O–H groups in total. The zero-order valence-electron chi connectivity index (χ0n) is 9.29. The molecule has 1 saturated heterocycles. The summed E-state index contributed by atoms with van der Waals surface area (Å²) in [5.41, 5.74) is 0. The Morgan fingerprint density at radius 1 is 1.07 bits per heavy atom. The van der Waals surface area contributed by atoms with Crippen molar-refractivity contribution in [1.82, 2.24) is 0 Å². The molecular weight excluding hydrogens is 303 g/mol. The number of rotatable bonds is 3. The average molecular weight is 324 g/mol. The lowest BCUT2D eigenvalue weighted by Gasteiger charge is -2.32. The van der Waals surface area contributed by atoms with Crippen LogP contribution in [0, 0.1) is 5.92 Å². The smallest absolute Gasteiger partial charge is 0.157 e. The number of ether oxygens (including phenoxy) is 2. The number of hydrogen-bond acceptors (Lipinski definition) is 2. The Bertz CT molecular complexity index is 172. The van der Waals surface area contributed by atoms with E-state index in [4.69, 9.17) is 9.47 Å². The lowest BCUT2D eigenvalue weighted by atomic mass is 9.89. The molecule has 1 aliphatic carbocycles. The minimum Gasteiger partial charge on any atom is -0.353 e. The molecule has 0 aromatic rings. The van der Waals surface area contributed by atoms with Gasteiger partial charge in [0.25, 0.3) is 0 Å². The van der Waals surface area contributed by atoms with Gasteiger partial charge in [-0.05, 0) is 50.9 Å². The van der Waals surface area contributed by atoms with E-state index in [1.165, 1.54) is 43.0 Å². The van der Waals surface area contributed by atoms with Crippen LogP contribution in [-0.4, -0.2) is 23.4 Å². The highest BCUT2D eigenvalue weighted by atomic mass is 127. The van der Waals surface area contributed by atoms with Crippen LogP contribution in [0.5, 0.6) is 0 Å². The van der Waals surface area contributed by atoms with Gasteiger partial charge in [-0.15, -0.1) is 0 Å². The summed E-state index contributed by atoms with van der Waals surface area (Å²) in [5.74, 6) is 0.942. The zero-order chi connectivity index (χ0) is 10.5. The summed E-state index contributed by atoms with van der Waals surface area (Å²) in [4.78, 5) is 0. The van der Waals surface area contributed by atoms with Crippen LogP contribution < -0.4 is 0 Å². The van der Waals surface area contributed by atoms with Crippen LogP contribution in [0.25, 0.3) is 0 Å². The fourth-order valence-corrected chi connectivity index (χ4v) is 3.34. The molecule has 0 amide bonds. The topological polar surface area (TPSA) is 18.5 Å². The largest absolute Gasteiger partial charge is 0.353 e. The molecule has 2 nitrogen and oxygen atoms in total.